The molecule has 0 spiro atoms. The number of rotatable bonds is 5. The van der Waals surface area contributed by atoms with Crippen LogP contribution in [-0.4, -0.2) is 21.6 Å². The lowest BCUT2D eigenvalue weighted by molar-refractivity contribution is 0.401. The standard InChI is InChI=1S/C21H18ClFN4O2/c1-12-7-17-14(5-6-24-17)18(8-12)26-21-25-10-19(29-2)20(28)27(21)11-13-3-4-16(23)15(22)9-13/h3-10,24H,11H2,1-2H3,(H,25,26). The minimum atomic E-state index is -0.514. The summed E-state index contributed by atoms with van der Waals surface area (Å²) in [5, 5.41) is 4.21. The molecule has 0 unspecified atom stereocenters. The van der Waals surface area contributed by atoms with Gasteiger partial charge in [-0.15, -0.1) is 0 Å². The molecule has 4 aromatic rings. The number of aromatic nitrogens is 3. The molecule has 148 valence electrons. The summed E-state index contributed by atoms with van der Waals surface area (Å²) in [6.45, 7) is 2.13. The Morgan fingerprint density at radius 3 is 2.86 bits per heavy atom. The van der Waals surface area contributed by atoms with Gasteiger partial charge in [0.2, 0.25) is 11.7 Å². The van der Waals surface area contributed by atoms with E-state index in [1.165, 1.54) is 30.0 Å². The smallest absolute Gasteiger partial charge is 0.297 e. The van der Waals surface area contributed by atoms with Gasteiger partial charge in [-0.2, -0.15) is 0 Å². The van der Waals surface area contributed by atoms with E-state index in [1.807, 2.05) is 31.3 Å². The first-order chi connectivity index (χ1) is 14.0. The molecule has 2 heterocycles. The molecule has 0 radical (unpaired) electrons. The van der Waals surface area contributed by atoms with Crippen molar-refractivity contribution < 1.29 is 9.13 Å². The van der Waals surface area contributed by atoms with Gasteiger partial charge in [-0.1, -0.05) is 17.7 Å². The number of benzene rings is 2. The molecule has 6 nitrogen and oxygen atoms in total. The average Bonchev–Trinajstić information content (AvgIpc) is 3.16. The third-order valence-electron chi connectivity index (χ3n) is 4.62. The maximum Gasteiger partial charge on any atom is 0.297 e. The fourth-order valence-corrected chi connectivity index (χ4v) is 3.42. The summed E-state index contributed by atoms with van der Waals surface area (Å²) in [5.74, 6) is -0.0661. The second-order valence-corrected chi connectivity index (χ2v) is 7.07. The number of nitrogens with one attached hydrogen (secondary N) is 2. The van der Waals surface area contributed by atoms with Gasteiger partial charge in [0.25, 0.3) is 5.56 Å². The van der Waals surface area contributed by atoms with Crippen molar-refractivity contribution in [1.82, 2.24) is 14.5 Å². The van der Waals surface area contributed by atoms with E-state index in [2.05, 4.69) is 15.3 Å². The summed E-state index contributed by atoms with van der Waals surface area (Å²) in [6.07, 6.45) is 3.23. The fraction of sp³-hybridized carbons (Fsp3) is 0.143. The van der Waals surface area contributed by atoms with E-state index in [0.29, 0.717) is 11.5 Å². The van der Waals surface area contributed by atoms with Crippen LogP contribution < -0.4 is 15.6 Å². The largest absolute Gasteiger partial charge is 0.490 e. The Labute approximate surface area is 170 Å². The molecule has 2 aromatic heterocycles. The topological polar surface area (TPSA) is 71.9 Å². The van der Waals surface area contributed by atoms with Crippen LogP contribution in [0.2, 0.25) is 5.02 Å². The molecular formula is C21H18ClFN4O2. The van der Waals surface area contributed by atoms with Crippen molar-refractivity contribution in [3.8, 4) is 5.75 Å². The maximum atomic E-state index is 13.5. The quantitative estimate of drug-likeness (QED) is 0.501. The Hall–Kier alpha value is -3.32. The first-order valence-electron chi connectivity index (χ1n) is 8.89. The van der Waals surface area contributed by atoms with Gasteiger partial charge in [-0.25, -0.2) is 9.37 Å². The van der Waals surface area contributed by atoms with Gasteiger partial charge in [-0.05, 0) is 48.4 Å². The average molecular weight is 413 g/mol. The lowest BCUT2D eigenvalue weighted by Crippen LogP contribution is -2.25. The Bertz CT molecular complexity index is 1270. The van der Waals surface area contributed by atoms with Gasteiger partial charge in [0, 0.05) is 17.1 Å². The number of methoxy groups -OCH3 is 1. The number of hydrogen-bond acceptors (Lipinski definition) is 4. The van der Waals surface area contributed by atoms with E-state index in [4.69, 9.17) is 16.3 Å². The van der Waals surface area contributed by atoms with Crippen molar-refractivity contribution in [3.63, 3.8) is 0 Å². The number of hydrogen-bond donors (Lipinski definition) is 2. The van der Waals surface area contributed by atoms with Crippen molar-refractivity contribution in [2.45, 2.75) is 13.5 Å². The Morgan fingerprint density at radius 2 is 2.10 bits per heavy atom. The first-order valence-corrected chi connectivity index (χ1v) is 9.26. The van der Waals surface area contributed by atoms with Gasteiger partial charge in [-0.3, -0.25) is 9.36 Å². The third kappa shape index (κ3) is 3.69. The zero-order chi connectivity index (χ0) is 20.5. The van der Waals surface area contributed by atoms with Crippen LogP contribution in [0.25, 0.3) is 10.9 Å². The van der Waals surface area contributed by atoms with E-state index >= 15 is 0 Å². The second kappa shape index (κ2) is 7.60. The van der Waals surface area contributed by atoms with Crippen molar-refractivity contribution in [3.05, 3.63) is 81.1 Å². The predicted octanol–water partition coefficient (Wildman–Crippen LogP) is 4.63. The highest BCUT2D eigenvalue weighted by Gasteiger charge is 2.14. The van der Waals surface area contributed by atoms with Crippen LogP contribution >= 0.6 is 11.6 Å². The molecule has 2 aromatic carbocycles. The summed E-state index contributed by atoms with van der Waals surface area (Å²) in [7, 11) is 1.41. The molecule has 0 aliphatic heterocycles. The second-order valence-electron chi connectivity index (χ2n) is 6.67. The number of anilines is 2. The predicted molar refractivity (Wildman–Crippen MR) is 112 cm³/mol. The summed E-state index contributed by atoms with van der Waals surface area (Å²) in [4.78, 5) is 20.4. The van der Waals surface area contributed by atoms with Crippen molar-refractivity contribution in [2.75, 3.05) is 12.4 Å². The molecule has 0 atom stereocenters. The van der Waals surface area contributed by atoms with Gasteiger partial charge in [0.15, 0.2) is 0 Å². The molecule has 0 saturated heterocycles. The SMILES string of the molecule is COc1cnc(Nc2cc(C)cc3[nH]ccc23)n(Cc2ccc(F)c(Cl)c2)c1=O. The Morgan fingerprint density at radius 1 is 1.28 bits per heavy atom. The molecule has 29 heavy (non-hydrogen) atoms. The van der Waals surface area contributed by atoms with Crippen LogP contribution in [0, 0.1) is 12.7 Å². The minimum absolute atomic E-state index is 0.00590. The molecule has 0 saturated carbocycles. The van der Waals surface area contributed by atoms with Gasteiger partial charge in [0.1, 0.15) is 5.82 Å². The van der Waals surface area contributed by atoms with Crippen LogP contribution in [0.5, 0.6) is 5.75 Å². The molecular weight excluding hydrogens is 395 g/mol. The molecule has 0 bridgehead atoms. The molecule has 0 fully saturated rings. The normalized spacial score (nSPS) is 11.0. The number of aromatic amines is 1. The van der Waals surface area contributed by atoms with Crippen molar-refractivity contribution in [2.24, 2.45) is 0 Å². The van der Waals surface area contributed by atoms with Crippen molar-refractivity contribution in [1.29, 1.82) is 0 Å². The van der Waals surface area contributed by atoms with Crippen LogP contribution in [0.15, 0.2) is 53.6 Å². The zero-order valence-corrected chi connectivity index (χ0v) is 16.5. The monoisotopic (exact) mass is 412 g/mol. The molecule has 0 aliphatic carbocycles. The summed E-state index contributed by atoms with van der Waals surface area (Å²) in [5.41, 5.74) is 3.13. The third-order valence-corrected chi connectivity index (χ3v) is 4.91. The first kappa shape index (κ1) is 19.0. The number of halogens is 2. The van der Waals surface area contributed by atoms with Crippen LogP contribution in [0.4, 0.5) is 16.0 Å². The van der Waals surface area contributed by atoms with E-state index in [0.717, 1.165) is 22.2 Å². The molecule has 2 N–H and O–H groups in total. The van der Waals surface area contributed by atoms with Crippen LogP contribution in [0.3, 0.4) is 0 Å². The van der Waals surface area contributed by atoms with E-state index in [1.54, 1.807) is 6.07 Å². The summed E-state index contributed by atoms with van der Waals surface area (Å²) < 4.78 is 20.1. The Kier molecular flexibility index (Phi) is 4.98. The van der Waals surface area contributed by atoms with Gasteiger partial charge in [0.05, 0.1) is 30.6 Å². The highest BCUT2D eigenvalue weighted by Crippen LogP contribution is 2.27. The molecule has 0 aliphatic rings. The summed E-state index contributed by atoms with van der Waals surface area (Å²) in [6, 6.07) is 10.3. The lowest BCUT2D eigenvalue weighted by atomic mass is 10.1. The molecule has 8 heteroatoms. The van der Waals surface area contributed by atoms with E-state index in [-0.39, 0.29) is 22.9 Å². The number of ether oxygens (including phenoxy) is 1. The number of H-pyrrole nitrogens is 1. The number of aryl methyl sites for hydroxylation is 1. The highest BCUT2D eigenvalue weighted by molar-refractivity contribution is 6.30. The molecule has 4 rings (SSSR count). The zero-order valence-electron chi connectivity index (χ0n) is 15.8. The van der Waals surface area contributed by atoms with Crippen LogP contribution in [-0.2, 0) is 6.54 Å². The summed E-state index contributed by atoms with van der Waals surface area (Å²) >= 11 is 5.90. The minimum Gasteiger partial charge on any atom is -0.490 e. The number of nitrogens with zero attached hydrogens (tertiary/aromatic N) is 2. The van der Waals surface area contributed by atoms with E-state index in [9.17, 15) is 9.18 Å². The van der Waals surface area contributed by atoms with Crippen LogP contribution in [0.1, 0.15) is 11.1 Å². The van der Waals surface area contributed by atoms with Crippen molar-refractivity contribution >= 4 is 34.1 Å². The number of fused-ring (bicyclic) bond motifs is 1. The van der Waals surface area contributed by atoms with Gasteiger partial charge >= 0.3 is 0 Å². The molecule has 0 amide bonds. The fourth-order valence-electron chi connectivity index (χ4n) is 3.22. The Balaban J connectivity index is 1.80. The lowest BCUT2D eigenvalue weighted by Gasteiger charge is -2.16. The van der Waals surface area contributed by atoms with Gasteiger partial charge < -0.3 is 15.0 Å². The highest BCUT2D eigenvalue weighted by atomic mass is 35.5. The maximum absolute atomic E-state index is 13.5. The van der Waals surface area contributed by atoms with E-state index < -0.39 is 5.82 Å².